The molecule has 1 heterocycles. The lowest BCUT2D eigenvalue weighted by molar-refractivity contribution is 0.415. The summed E-state index contributed by atoms with van der Waals surface area (Å²) in [5, 5.41) is 0. The van der Waals surface area contributed by atoms with Gasteiger partial charge in [0, 0.05) is 11.8 Å². The first kappa shape index (κ1) is 11.1. The minimum atomic E-state index is -0.597. The molecule has 2 rings (SSSR count). The molecule has 0 spiro atoms. The second kappa shape index (κ2) is 4.62. The third-order valence-electron chi connectivity index (χ3n) is 2.32. The summed E-state index contributed by atoms with van der Waals surface area (Å²) in [5.74, 6) is -0.374. The standard InChI is InChI=1S/C13H9FN2O/c1-15-13-10(14)7-9(8-12(13)17-2)11-5-3-4-6-16-11/h3-8H,2H3. The van der Waals surface area contributed by atoms with Crippen molar-refractivity contribution in [1.82, 2.24) is 4.98 Å². The minimum Gasteiger partial charge on any atom is -0.508 e. The molecular formula is C13H9FN2O. The van der Waals surface area contributed by atoms with E-state index < -0.39 is 5.82 Å². The van der Waals surface area contributed by atoms with Gasteiger partial charge >= 0.3 is 0 Å². The van der Waals surface area contributed by atoms with Gasteiger partial charge in [-0.05, 0) is 24.3 Å². The first-order valence-corrected chi connectivity index (χ1v) is 4.92. The molecule has 0 aliphatic carbocycles. The first-order chi connectivity index (χ1) is 8.26. The molecule has 0 atom stereocenters. The van der Waals surface area contributed by atoms with E-state index in [2.05, 4.69) is 9.83 Å². The monoisotopic (exact) mass is 228 g/mol. The highest BCUT2D eigenvalue weighted by Gasteiger charge is 2.12. The fourth-order valence-electron chi connectivity index (χ4n) is 1.52. The van der Waals surface area contributed by atoms with E-state index in [4.69, 9.17) is 11.3 Å². The first-order valence-electron chi connectivity index (χ1n) is 4.92. The molecular weight excluding hydrogens is 219 g/mol. The van der Waals surface area contributed by atoms with Gasteiger partial charge in [-0.1, -0.05) is 6.07 Å². The highest BCUT2D eigenvalue weighted by molar-refractivity contribution is 5.69. The Morgan fingerprint density at radius 1 is 1.35 bits per heavy atom. The molecule has 0 radical (unpaired) electrons. The Balaban J connectivity index is 2.59. The lowest BCUT2D eigenvalue weighted by Crippen LogP contribution is -1.89. The van der Waals surface area contributed by atoms with Crippen molar-refractivity contribution in [2.75, 3.05) is 7.11 Å². The van der Waals surface area contributed by atoms with Crippen molar-refractivity contribution in [3.63, 3.8) is 0 Å². The molecule has 3 nitrogen and oxygen atoms in total. The zero-order chi connectivity index (χ0) is 12.3. The summed E-state index contributed by atoms with van der Waals surface area (Å²) in [6.07, 6.45) is 1.63. The van der Waals surface area contributed by atoms with Crippen LogP contribution in [0.15, 0.2) is 36.5 Å². The van der Waals surface area contributed by atoms with Gasteiger partial charge in [0.25, 0.3) is 5.69 Å². The number of rotatable bonds is 2. The molecule has 0 saturated carbocycles. The van der Waals surface area contributed by atoms with Crippen molar-refractivity contribution in [2.24, 2.45) is 0 Å². The Kier molecular flexibility index (Phi) is 3.01. The van der Waals surface area contributed by atoms with Gasteiger partial charge in [-0.25, -0.2) is 9.24 Å². The molecule has 4 heteroatoms. The molecule has 84 valence electrons. The number of ether oxygens (including phenoxy) is 1. The summed E-state index contributed by atoms with van der Waals surface area (Å²) in [5.41, 5.74) is 1.13. The van der Waals surface area contributed by atoms with E-state index in [-0.39, 0.29) is 11.4 Å². The van der Waals surface area contributed by atoms with Crippen LogP contribution in [0.5, 0.6) is 5.75 Å². The van der Waals surface area contributed by atoms with E-state index >= 15 is 0 Å². The summed E-state index contributed by atoms with van der Waals surface area (Å²) in [6, 6.07) is 8.27. The number of hydrogen-bond donors (Lipinski definition) is 0. The van der Waals surface area contributed by atoms with Crippen LogP contribution in [-0.4, -0.2) is 12.1 Å². The van der Waals surface area contributed by atoms with Gasteiger partial charge in [-0.2, -0.15) is 0 Å². The van der Waals surface area contributed by atoms with Crippen molar-refractivity contribution in [1.29, 1.82) is 0 Å². The van der Waals surface area contributed by atoms with E-state index in [1.165, 1.54) is 13.2 Å². The second-order valence-corrected chi connectivity index (χ2v) is 3.34. The molecule has 0 aliphatic heterocycles. The molecule has 1 aromatic heterocycles. The maximum Gasteiger partial charge on any atom is 0.262 e. The smallest absolute Gasteiger partial charge is 0.262 e. The topological polar surface area (TPSA) is 26.5 Å². The molecule has 0 unspecified atom stereocenters. The van der Waals surface area contributed by atoms with Crippen molar-refractivity contribution >= 4 is 5.69 Å². The quantitative estimate of drug-likeness (QED) is 0.736. The number of benzene rings is 1. The van der Waals surface area contributed by atoms with Crippen LogP contribution in [0.25, 0.3) is 16.1 Å². The lowest BCUT2D eigenvalue weighted by atomic mass is 10.1. The molecule has 0 amide bonds. The van der Waals surface area contributed by atoms with Gasteiger partial charge in [-0.3, -0.25) is 4.98 Å². The van der Waals surface area contributed by atoms with E-state index in [0.717, 1.165) is 0 Å². The number of nitrogens with zero attached hydrogens (tertiary/aromatic N) is 2. The van der Waals surface area contributed by atoms with Crippen LogP contribution in [0.2, 0.25) is 0 Å². The summed E-state index contributed by atoms with van der Waals surface area (Å²) in [6.45, 7) is 6.89. The molecule has 0 aliphatic rings. The third kappa shape index (κ3) is 2.08. The van der Waals surface area contributed by atoms with Crippen LogP contribution in [0.3, 0.4) is 0 Å². The van der Waals surface area contributed by atoms with Gasteiger partial charge in [-0.15, -0.1) is 0 Å². The predicted molar refractivity (Wildman–Crippen MR) is 62.4 cm³/mol. The van der Waals surface area contributed by atoms with E-state index in [9.17, 15) is 4.39 Å². The Bertz CT molecular complexity index is 576. The molecule has 0 fully saturated rings. The minimum absolute atomic E-state index is 0.104. The van der Waals surface area contributed by atoms with Gasteiger partial charge < -0.3 is 4.74 Å². The maximum atomic E-state index is 13.7. The van der Waals surface area contributed by atoms with Crippen molar-refractivity contribution < 1.29 is 9.13 Å². The van der Waals surface area contributed by atoms with Crippen LogP contribution in [0.4, 0.5) is 10.1 Å². The summed E-state index contributed by atoms with van der Waals surface area (Å²) in [4.78, 5) is 7.23. The molecule has 0 saturated heterocycles. The number of aromatic nitrogens is 1. The zero-order valence-electron chi connectivity index (χ0n) is 9.14. The lowest BCUT2D eigenvalue weighted by Gasteiger charge is -2.07. The number of hydrogen-bond acceptors (Lipinski definition) is 2. The average molecular weight is 228 g/mol. The number of methoxy groups -OCH3 is 1. The summed E-state index contributed by atoms with van der Waals surface area (Å²) >= 11 is 0. The molecule has 0 N–H and O–H groups in total. The summed E-state index contributed by atoms with van der Waals surface area (Å²) < 4.78 is 18.7. The van der Waals surface area contributed by atoms with Crippen LogP contribution >= 0.6 is 0 Å². The normalized spacial score (nSPS) is 9.71. The predicted octanol–water partition coefficient (Wildman–Crippen LogP) is 3.45. The number of pyridine rings is 1. The molecule has 0 bridgehead atoms. The SMILES string of the molecule is [C-]#[N+]c1c(F)cc(-c2ccccn2)cc1OC. The van der Waals surface area contributed by atoms with Gasteiger partial charge in [0.1, 0.15) is 11.6 Å². The Morgan fingerprint density at radius 2 is 2.18 bits per heavy atom. The second-order valence-electron chi connectivity index (χ2n) is 3.34. The Hall–Kier alpha value is -2.41. The Labute approximate surface area is 98.3 Å². The fraction of sp³-hybridized carbons (Fsp3) is 0.0769. The van der Waals surface area contributed by atoms with E-state index in [0.29, 0.717) is 11.3 Å². The molecule has 2 aromatic rings. The van der Waals surface area contributed by atoms with E-state index in [1.807, 2.05) is 6.07 Å². The van der Waals surface area contributed by atoms with Crippen molar-refractivity contribution in [2.45, 2.75) is 0 Å². The number of halogens is 1. The van der Waals surface area contributed by atoms with E-state index in [1.54, 1.807) is 24.4 Å². The van der Waals surface area contributed by atoms with Crippen molar-refractivity contribution in [3.8, 4) is 17.0 Å². The fourth-order valence-corrected chi connectivity index (χ4v) is 1.52. The van der Waals surface area contributed by atoms with Gasteiger partial charge in [0.05, 0.1) is 19.4 Å². The average Bonchev–Trinajstić information content (AvgIpc) is 2.38. The van der Waals surface area contributed by atoms with Gasteiger partial charge in [0.15, 0.2) is 0 Å². The third-order valence-corrected chi connectivity index (χ3v) is 2.32. The molecule has 1 aromatic carbocycles. The maximum absolute atomic E-state index is 13.7. The zero-order valence-corrected chi connectivity index (χ0v) is 9.14. The molecule has 17 heavy (non-hydrogen) atoms. The van der Waals surface area contributed by atoms with Gasteiger partial charge in [0.2, 0.25) is 0 Å². The van der Waals surface area contributed by atoms with Crippen LogP contribution in [0.1, 0.15) is 0 Å². The van der Waals surface area contributed by atoms with Crippen molar-refractivity contribution in [3.05, 3.63) is 53.8 Å². The highest BCUT2D eigenvalue weighted by atomic mass is 19.1. The van der Waals surface area contributed by atoms with Crippen LogP contribution < -0.4 is 4.74 Å². The summed E-state index contributed by atoms with van der Waals surface area (Å²) in [7, 11) is 1.41. The van der Waals surface area contributed by atoms with Crippen LogP contribution in [0, 0.1) is 12.4 Å². The van der Waals surface area contributed by atoms with Crippen LogP contribution in [-0.2, 0) is 0 Å². The Morgan fingerprint density at radius 3 is 2.76 bits per heavy atom. The largest absolute Gasteiger partial charge is 0.508 e. The highest BCUT2D eigenvalue weighted by Crippen LogP contribution is 2.34.